The van der Waals surface area contributed by atoms with Crippen molar-refractivity contribution in [1.82, 2.24) is 9.97 Å². The SMILES string of the molecule is NCC1CCCN1c1ncc2c(n1)C1CCC2C1. The molecule has 2 aliphatic carbocycles. The number of nitrogens with two attached hydrogens (primary N) is 1. The average Bonchev–Trinajstić information content (AvgIpc) is 3.13. The van der Waals surface area contributed by atoms with Crippen LogP contribution in [-0.4, -0.2) is 29.1 Å². The van der Waals surface area contributed by atoms with E-state index in [-0.39, 0.29) is 0 Å². The summed E-state index contributed by atoms with van der Waals surface area (Å²) in [6, 6.07) is 0.446. The van der Waals surface area contributed by atoms with E-state index in [9.17, 15) is 0 Å². The van der Waals surface area contributed by atoms with Crippen molar-refractivity contribution >= 4 is 5.95 Å². The highest BCUT2D eigenvalue weighted by Gasteiger charge is 2.39. The molecule has 3 atom stereocenters. The molecule has 2 heterocycles. The first-order valence-corrected chi connectivity index (χ1v) is 7.20. The van der Waals surface area contributed by atoms with E-state index in [1.165, 1.54) is 43.4 Å². The molecule has 2 N–H and O–H groups in total. The Morgan fingerprint density at radius 1 is 1.28 bits per heavy atom. The number of anilines is 1. The molecular weight excluding hydrogens is 224 g/mol. The molecule has 3 unspecified atom stereocenters. The van der Waals surface area contributed by atoms with Gasteiger partial charge in [0, 0.05) is 31.2 Å². The van der Waals surface area contributed by atoms with Gasteiger partial charge in [-0.05, 0) is 43.6 Å². The predicted molar refractivity (Wildman–Crippen MR) is 70.8 cm³/mol. The van der Waals surface area contributed by atoms with E-state index in [0.29, 0.717) is 18.5 Å². The molecule has 0 spiro atoms. The van der Waals surface area contributed by atoms with E-state index < -0.39 is 0 Å². The van der Waals surface area contributed by atoms with Crippen LogP contribution in [0.4, 0.5) is 5.95 Å². The normalized spacial score (nSPS) is 33.2. The number of hydrogen-bond acceptors (Lipinski definition) is 4. The smallest absolute Gasteiger partial charge is 0.225 e. The van der Waals surface area contributed by atoms with Crippen molar-refractivity contribution in [2.75, 3.05) is 18.0 Å². The van der Waals surface area contributed by atoms with Crippen LogP contribution in [0.1, 0.15) is 55.2 Å². The molecular formula is C14H20N4. The van der Waals surface area contributed by atoms with Crippen LogP contribution in [0.5, 0.6) is 0 Å². The maximum Gasteiger partial charge on any atom is 0.225 e. The summed E-state index contributed by atoms with van der Waals surface area (Å²) in [6.07, 6.45) is 8.47. The first kappa shape index (κ1) is 10.7. The Labute approximate surface area is 108 Å². The molecule has 2 fully saturated rings. The molecule has 18 heavy (non-hydrogen) atoms. The van der Waals surface area contributed by atoms with Crippen LogP contribution < -0.4 is 10.6 Å². The van der Waals surface area contributed by atoms with Crippen molar-refractivity contribution in [3.8, 4) is 0 Å². The molecule has 4 nitrogen and oxygen atoms in total. The Balaban J connectivity index is 1.69. The van der Waals surface area contributed by atoms with Crippen molar-refractivity contribution in [3.05, 3.63) is 17.5 Å². The fraction of sp³-hybridized carbons (Fsp3) is 0.714. The van der Waals surface area contributed by atoms with Crippen molar-refractivity contribution < 1.29 is 0 Å². The third-order valence-electron chi connectivity index (χ3n) is 5.00. The summed E-state index contributed by atoms with van der Waals surface area (Å²) in [4.78, 5) is 11.8. The summed E-state index contributed by atoms with van der Waals surface area (Å²) < 4.78 is 0. The van der Waals surface area contributed by atoms with Crippen molar-refractivity contribution in [3.63, 3.8) is 0 Å². The van der Waals surface area contributed by atoms with Crippen molar-refractivity contribution in [2.24, 2.45) is 5.73 Å². The lowest BCUT2D eigenvalue weighted by Gasteiger charge is -2.25. The Morgan fingerprint density at radius 3 is 3.06 bits per heavy atom. The van der Waals surface area contributed by atoms with Crippen LogP contribution in [0, 0.1) is 0 Å². The molecule has 1 aliphatic heterocycles. The lowest BCUT2D eigenvalue weighted by atomic mass is 9.98. The highest BCUT2D eigenvalue weighted by Crippen LogP contribution is 2.52. The van der Waals surface area contributed by atoms with Gasteiger partial charge in [0.1, 0.15) is 0 Å². The van der Waals surface area contributed by atoms with E-state index >= 15 is 0 Å². The Hall–Kier alpha value is -1.16. The monoisotopic (exact) mass is 244 g/mol. The number of hydrogen-bond donors (Lipinski definition) is 1. The topological polar surface area (TPSA) is 55.0 Å². The van der Waals surface area contributed by atoms with Gasteiger partial charge < -0.3 is 10.6 Å². The van der Waals surface area contributed by atoms with Crippen molar-refractivity contribution in [1.29, 1.82) is 0 Å². The number of rotatable bonds is 2. The van der Waals surface area contributed by atoms with Crippen LogP contribution in [0.3, 0.4) is 0 Å². The van der Waals surface area contributed by atoms with Gasteiger partial charge >= 0.3 is 0 Å². The zero-order valence-electron chi connectivity index (χ0n) is 10.7. The molecule has 1 saturated heterocycles. The van der Waals surface area contributed by atoms with Crippen LogP contribution in [-0.2, 0) is 0 Å². The fourth-order valence-electron chi connectivity index (χ4n) is 4.03. The molecule has 4 rings (SSSR count). The fourth-order valence-corrected chi connectivity index (χ4v) is 4.03. The second-order valence-electron chi connectivity index (χ2n) is 5.94. The van der Waals surface area contributed by atoms with E-state index in [2.05, 4.69) is 16.1 Å². The minimum Gasteiger partial charge on any atom is -0.337 e. The third kappa shape index (κ3) is 1.41. The van der Waals surface area contributed by atoms with Crippen LogP contribution in [0.2, 0.25) is 0 Å². The summed E-state index contributed by atoms with van der Waals surface area (Å²) in [5.74, 6) is 2.39. The van der Waals surface area contributed by atoms with E-state index in [4.69, 9.17) is 10.7 Å². The molecule has 0 aromatic carbocycles. The maximum atomic E-state index is 5.84. The Kier molecular flexibility index (Phi) is 2.34. The van der Waals surface area contributed by atoms with Gasteiger partial charge in [-0.1, -0.05) is 0 Å². The molecule has 3 aliphatic rings. The molecule has 96 valence electrons. The minimum absolute atomic E-state index is 0.446. The van der Waals surface area contributed by atoms with Gasteiger partial charge in [-0.25, -0.2) is 9.97 Å². The summed E-state index contributed by atoms with van der Waals surface area (Å²) in [5, 5.41) is 0. The largest absolute Gasteiger partial charge is 0.337 e. The molecule has 2 bridgehead atoms. The van der Waals surface area contributed by atoms with E-state index in [1.807, 2.05) is 0 Å². The van der Waals surface area contributed by atoms with E-state index in [0.717, 1.165) is 18.4 Å². The Bertz CT molecular complexity index is 473. The molecule has 1 aromatic heterocycles. The van der Waals surface area contributed by atoms with Crippen molar-refractivity contribution in [2.45, 2.75) is 50.0 Å². The highest BCUT2D eigenvalue weighted by atomic mass is 15.3. The van der Waals surface area contributed by atoms with Gasteiger partial charge in [0.2, 0.25) is 5.95 Å². The Morgan fingerprint density at radius 2 is 2.17 bits per heavy atom. The average molecular weight is 244 g/mol. The zero-order chi connectivity index (χ0) is 12.1. The molecule has 1 aromatic rings. The van der Waals surface area contributed by atoms with E-state index in [1.54, 1.807) is 0 Å². The first-order valence-electron chi connectivity index (χ1n) is 7.20. The minimum atomic E-state index is 0.446. The first-order chi connectivity index (χ1) is 8.86. The molecule has 0 radical (unpaired) electrons. The lowest BCUT2D eigenvalue weighted by molar-refractivity contribution is 0.649. The quantitative estimate of drug-likeness (QED) is 0.861. The van der Waals surface area contributed by atoms with Gasteiger partial charge in [-0.2, -0.15) is 0 Å². The second-order valence-corrected chi connectivity index (χ2v) is 5.94. The van der Waals surface area contributed by atoms with Gasteiger partial charge in [0.15, 0.2) is 0 Å². The summed E-state index contributed by atoms with van der Waals surface area (Å²) in [6.45, 7) is 1.78. The molecule has 4 heteroatoms. The summed E-state index contributed by atoms with van der Waals surface area (Å²) in [5.41, 5.74) is 8.61. The highest BCUT2D eigenvalue weighted by molar-refractivity contribution is 5.42. The number of aromatic nitrogens is 2. The molecule has 1 saturated carbocycles. The van der Waals surface area contributed by atoms with Crippen LogP contribution in [0.15, 0.2) is 6.20 Å². The van der Waals surface area contributed by atoms with Crippen LogP contribution in [0.25, 0.3) is 0 Å². The summed E-state index contributed by atoms with van der Waals surface area (Å²) >= 11 is 0. The predicted octanol–water partition coefficient (Wildman–Crippen LogP) is 1.77. The second kappa shape index (κ2) is 3.92. The summed E-state index contributed by atoms with van der Waals surface area (Å²) in [7, 11) is 0. The van der Waals surface area contributed by atoms with Crippen LogP contribution >= 0.6 is 0 Å². The maximum absolute atomic E-state index is 5.84. The number of nitrogens with zero attached hydrogens (tertiary/aromatic N) is 3. The number of fused-ring (bicyclic) bond motifs is 5. The van der Waals surface area contributed by atoms with Gasteiger partial charge in [-0.15, -0.1) is 0 Å². The van der Waals surface area contributed by atoms with Gasteiger partial charge in [0.05, 0.1) is 5.69 Å². The van der Waals surface area contributed by atoms with Gasteiger partial charge in [0.25, 0.3) is 0 Å². The molecule has 0 amide bonds. The lowest BCUT2D eigenvalue weighted by Crippen LogP contribution is -2.36. The third-order valence-corrected chi connectivity index (χ3v) is 5.00. The zero-order valence-corrected chi connectivity index (χ0v) is 10.7. The van der Waals surface area contributed by atoms with Gasteiger partial charge in [-0.3, -0.25) is 0 Å². The standard InChI is InChI=1S/C14H20N4/c15-7-11-2-1-5-18(11)14-16-8-12-9-3-4-10(6-9)13(12)17-14/h8-11H,1-7,15H2.